The third-order valence-corrected chi connectivity index (χ3v) is 7.60. The molecule has 2 heterocycles. The average molecular weight is 363 g/mol. The number of carbonyl (C=O) groups is 2. The Morgan fingerprint density at radius 1 is 1.00 bits per heavy atom. The van der Waals surface area contributed by atoms with E-state index in [1.54, 1.807) is 0 Å². The molecule has 1 spiro atoms. The number of aliphatic hydroxyl groups excluding tert-OH is 1. The van der Waals surface area contributed by atoms with Gasteiger partial charge in [0.2, 0.25) is 5.91 Å². The Hall–Kier alpha value is -1.10. The zero-order valence-corrected chi connectivity index (χ0v) is 16.0. The van der Waals surface area contributed by atoms with Crippen molar-refractivity contribution in [3.05, 3.63) is 0 Å². The van der Waals surface area contributed by atoms with E-state index in [-0.39, 0.29) is 17.5 Å². The van der Waals surface area contributed by atoms with Crippen molar-refractivity contribution in [2.24, 2.45) is 5.92 Å². The molecule has 1 N–H and O–H groups in total. The van der Waals surface area contributed by atoms with Gasteiger partial charge in [0.15, 0.2) is 6.10 Å². The van der Waals surface area contributed by atoms with Crippen molar-refractivity contribution in [3.63, 3.8) is 0 Å². The fourth-order valence-electron chi connectivity index (χ4n) is 6.03. The van der Waals surface area contributed by atoms with Crippen LogP contribution in [0.4, 0.5) is 0 Å². The predicted octanol–water partition coefficient (Wildman–Crippen LogP) is 2.85. The molecule has 5 nitrogen and oxygen atoms in total. The van der Waals surface area contributed by atoms with Crippen LogP contribution in [0.25, 0.3) is 0 Å². The normalized spacial score (nSPS) is 30.0. The number of amides is 2. The number of likely N-dealkylation sites (tertiary alicyclic amines) is 2. The maximum absolute atomic E-state index is 12.5. The molecule has 2 aliphatic carbocycles. The Labute approximate surface area is 157 Å². The molecule has 4 rings (SSSR count). The second-order valence-electron chi connectivity index (χ2n) is 9.08. The van der Waals surface area contributed by atoms with Crippen LogP contribution in [-0.4, -0.2) is 57.5 Å². The number of nitrogens with zero attached hydrogens (tertiary/aromatic N) is 2. The van der Waals surface area contributed by atoms with Crippen molar-refractivity contribution in [2.75, 3.05) is 13.1 Å². The SMILES string of the molecule is O=C(CCC1CCCC1)N1CCC(N2C(=O)C(O)C23CCCCC3)CC1. The van der Waals surface area contributed by atoms with Gasteiger partial charge in [-0.2, -0.15) is 0 Å². The van der Waals surface area contributed by atoms with Crippen molar-refractivity contribution in [1.82, 2.24) is 9.80 Å². The number of aliphatic hydroxyl groups is 1. The zero-order chi connectivity index (χ0) is 18.1. The van der Waals surface area contributed by atoms with E-state index in [1.165, 1.54) is 32.1 Å². The number of hydrogen-bond acceptors (Lipinski definition) is 3. The maximum Gasteiger partial charge on any atom is 0.254 e. The van der Waals surface area contributed by atoms with Gasteiger partial charge >= 0.3 is 0 Å². The van der Waals surface area contributed by atoms with Crippen molar-refractivity contribution in [1.29, 1.82) is 0 Å². The van der Waals surface area contributed by atoms with Crippen LogP contribution in [0.5, 0.6) is 0 Å². The topological polar surface area (TPSA) is 60.9 Å². The van der Waals surface area contributed by atoms with Gasteiger partial charge in [-0.3, -0.25) is 9.59 Å². The van der Waals surface area contributed by atoms with Crippen LogP contribution in [-0.2, 0) is 9.59 Å². The molecule has 146 valence electrons. The highest BCUT2D eigenvalue weighted by Gasteiger charge is 2.61. The molecule has 0 bridgehead atoms. The summed E-state index contributed by atoms with van der Waals surface area (Å²) in [6, 6.07) is 0.211. The number of hydrogen-bond donors (Lipinski definition) is 1. The van der Waals surface area contributed by atoms with Crippen LogP contribution in [0, 0.1) is 5.92 Å². The van der Waals surface area contributed by atoms with Crippen molar-refractivity contribution >= 4 is 11.8 Å². The van der Waals surface area contributed by atoms with Crippen molar-refractivity contribution in [2.45, 2.75) is 101 Å². The lowest BCUT2D eigenvalue weighted by Crippen LogP contribution is -2.77. The van der Waals surface area contributed by atoms with Crippen LogP contribution in [0.1, 0.15) is 83.5 Å². The molecule has 2 aliphatic heterocycles. The molecule has 1 unspecified atom stereocenters. The summed E-state index contributed by atoms with van der Waals surface area (Å²) >= 11 is 0. The molecule has 0 aromatic rings. The first kappa shape index (κ1) is 18.3. The molecular formula is C21H34N2O3. The summed E-state index contributed by atoms with van der Waals surface area (Å²) in [5.74, 6) is 0.999. The Balaban J connectivity index is 1.29. The molecule has 1 atom stereocenters. The van der Waals surface area contributed by atoms with Crippen LogP contribution in [0.15, 0.2) is 0 Å². The highest BCUT2D eigenvalue weighted by Crippen LogP contribution is 2.46. The molecule has 2 amide bonds. The van der Waals surface area contributed by atoms with Gasteiger partial charge < -0.3 is 14.9 Å². The van der Waals surface area contributed by atoms with Crippen LogP contribution in [0.2, 0.25) is 0 Å². The second-order valence-corrected chi connectivity index (χ2v) is 9.08. The summed E-state index contributed by atoms with van der Waals surface area (Å²) in [7, 11) is 0. The number of carbonyl (C=O) groups excluding carboxylic acids is 2. The van der Waals surface area contributed by atoms with E-state index < -0.39 is 6.10 Å². The summed E-state index contributed by atoms with van der Waals surface area (Å²) in [4.78, 5) is 29.0. The predicted molar refractivity (Wildman–Crippen MR) is 99.5 cm³/mol. The van der Waals surface area contributed by atoms with Gasteiger partial charge in [-0.05, 0) is 38.0 Å². The van der Waals surface area contributed by atoms with E-state index in [4.69, 9.17) is 0 Å². The Kier molecular flexibility index (Phi) is 5.27. The molecule has 0 aromatic heterocycles. The third-order valence-electron chi connectivity index (χ3n) is 7.60. The lowest BCUT2D eigenvalue weighted by molar-refractivity contribution is -0.201. The van der Waals surface area contributed by atoms with Gasteiger partial charge in [-0.15, -0.1) is 0 Å². The largest absolute Gasteiger partial charge is 0.381 e. The third kappa shape index (κ3) is 3.17. The van der Waals surface area contributed by atoms with Crippen molar-refractivity contribution in [3.8, 4) is 0 Å². The summed E-state index contributed by atoms with van der Waals surface area (Å²) in [5, 5.41) is 10.4. The molecule has 2 saturated carbocycles. The first-order valence-corrected chi connectivity index (χ1v) is 10.9. The van der Waals surface area contributed by atoms with Crippen molar-refractivity contribution < 1.29 is 14.7 Å². The van der Waals surface area contributed by atoms with E-state index >= 15 is 0 Å². The van der Waals surface area contributed by atoms with E-state index in [1.807, 2.05) is 9.80 Å². The zero-order valence-electron chi connectivity index (χ0n) is 16.0. The minimum atomic E-state index is -0.783. The fraction of sp³-hybridized carbons (Fsp3) is 0.905. The average Bonchev–Trinajstić information content (AvgIpc) is 3.21. The molecule has 4 aliphatic rings. The minimum absolute atomic E-state index is 0.0714. The van der Waals surface area contributed by atoms with Gasteiger partial charge in [-0.25, -0.2) is 0 Å². The Morgan fingerprint density at radius 3 is 2.31 bits per heavy atom. The summed E-state index contributed by atoms with van der Waals surface area (Å²) in [5.41, 5.74) is -0.283. The van der Waals surface area contributed by atoms with Crippen LogP contribution in [0.3, 0.4) is 0 Å². The van der Waals surface area contributed by atoms with Gasteiger partial charge in [-0.1, -0.05) is 44.9 Å². The van der Waals surface area contributed by atoms with Crippen LogP contribution < -0.4 is 0 Å². The summed E-state index contributed by atoms with van der Waals surface area (Å²) in [6.07, 6.45) is 13.3. The van der Waals surface area contributed by atoms with Crippen LogP contribution >= 0.6 is 0 Å². The monoisotopic (exact) mass is 362 g/mol. The maximum atomic E-state index is 12.5. The highest BCUT2D eigenvalue weighted by atomic mass is 16.3. The minimum Gasteiger partial charge on any atom is -0.381 e. The van der Waals surface area contributed by atoms with Gasteiger partial charge in [0.1, 0.15) is 0 Å². The first-order chi connectivity index (χ1) is 12.6. The van der Waals surface area contributed by atoms with E-state index in [2.05, 4.69) is 0 Å². The molecule has 0 aromatic carbocycles. The quantitative estimate of drug-likeness (QED) is 0.782. The van der Waals surface area contributed by atoms with Gasteiger partial charge in [0.05, 0.1) is 5.54 Å². The Bertz CT molecular complexity index is 529. The smallest absolute Gasteiger partial charge is 0.254 e. The van der Waals surface area contributed by atoms with E-state index in [0.29, 0.717) is 12.3 Å². The number of piperidine rings is 1. The van der Waals surface area contributed by atoms with Gasteiger partial charge in [0, 0.05) is 25.6 Å². The number of rotatable bonds is 4. The molecular weight excluding hydrogens is 328 g/mol. The molecule has 5 heteroatoms. The summed E-state index contributed by atoms with van der Waals surface area (Å²) < 4.78 is 0. The molecule has 0 radical (unpaired) electrons. The standard InChI is InChI=1S/C21H34N2O3/c24-18(9-8-16-6-2-3-7-16)22-14-10-17(11-15-22)23-20(26)19(25)21(23)12-4-1-5-13-21/h16-17,19,25H,1-15H2. The number of β-lactam (4-membered cyclic amide) rings is 1. The van der Waals surface area contributed by atoms with Gasteiger partial charge in [0.25, 0.3) is 5.91 Å². The molecule has 26 heavy (non-hydrogen) atoms. The Morgan fingerprint density at radius 2 is 1.65 bits per heavy atom. The summed E-state index contributed by atoms with van der Waals surface area (Å²) in [6.45, 7) is 1.54. The molecule has 4 fully saturated rings. The lowest BCUT2D eigenvalue weighted by Gasteiger charge is -2.61. The second kappa shape index (κ2) is 7.49. The lowest BCUT2D eigenvalue weighted by atomic mass is 9.68. The van der Waals surface area contributed by atoms with E-state index in [9.17, 15) is 14.7 Å². The molecule has 2 saturated heterocycles. The highest BCUT2D eigenvalue weighted by molar-refractivity contribution is 5.90. The fourth-order valence-corrected chi connectivity index (χ4v) is 6.03. The first-order valence-electron chi connectivity index (χ1n) is 10.9. The van der Waals surface area contributed by atoms with E-state index in [0.717, 1.165) is 64.0 Å².